The van der Waals surface area contributed by atoms with Crippen molar-refractivity contribution in [2.75, 3.05) is 0 Å². The second-order valence-corrected chi connectivity index (χ2v) is 4.01. The Bertz CT molecular complexity index is 363. The van der Waals surface area contributed by atoms with Crippen LogP contribution in [0.2, 0.25) is 0 Å². The van der Waals surface area contributed by atoms with Crippen molar-refractivity contribution >= 4 is 5.78 Å². The molecule has 2 N–H and O–H groups in total. The van der Waals surface area contributed by atoms with E-state index in [2.05, 4.69) is 0 Å². The van der Waals surface area contributed by atoms with Crippen molar-refractivity contribution in [1.29, 1.82) is 0 Å². The minimum atomic E-state index is -0.543. The normalized spacial score (nSPS) is 15.3. The average molecular weight is 207 g/mol. The zero-order valence-corrected chi connectivity index (χ0v) is 8.50. The molecule has 0 saturated heterocycles. The van der Waals surface area contributed by atoms with Crippen molar-refractivity contribution < 1.29 is 9.18 Å². The number of benzene rings is 1. The molecule has 80 valence electrons. The van der Waals surface area contributed by atoms with Gasteiger partial charge in [-0.2, -0.15) is 0 Å². The van der Waals surface area contributed by atoms with E-state index in [1.807, 2.05) is 0 Å². The highest BCUT2D eigenvalue weighted by atomic mass is 19.1. The molecule has 0 aliphatic heterocycles. The molecule has 1 aromatic rings. The van der Waals surface area contributed by atoms with E-state index < -0.39 is 6.67 Å². The highest BCUT2D eigenvalue weighted by molar-refractivity contribution is 5.99. The summed E-state index contributed by atoms with van der Waals surface area (Å²) in [6, 6.07) is 5.13. The van der Waals surface area contributed by atoms with Gasteiger partial charge in [-0.05, 0) is 36.1 Å². The van der Waals surface area contributed by atoms with E-state index in [0.29, 0.717) is 17.7 Å². The Kier molecular flexibility index (Phi) is 2.82. The predicted octanol–water partition coefficient (Wildman–Crippen LogP) is 2.21. The molecule has 1 fully saturated rings. The highest BCUT2D eigenvalue weighted by Gasteiger charge is 2.30. The fourth-order valence-electron chi connectivity index (χ4n) is 1.68. The molecule has 15 heavy (non-hydrogen) atoms. The lowest BCUT2D eigenvalue weighted by molar-refractivity contribution is 0.0967. The lowest BCUT2D eigenvalue weighted by Crippen LogP contribution is -2.05. The largest absolute Gasteiger partial charge is 0.326 e. The predicted molar refractivity (Wildman–Crippen MR) is 56.2 cm³/mol. The van der Waals surface area contributed by atoms with Gasteiger partial charge >= 0.3 is 0 Å². The van der Waals surface area contributed by atoms with Crippen molar-refractivity contribution in [1.82, 2.24) is 0 Å². The third-order valence-corrected chi connectivity index (χ3v) is 2.68. The molecule has 0 atom stereocenters. The first-order valence-corrected chi connectivity index (χ1v) is 5.17. The van der Waals surface area contributed by atoms with Gasteiger partial charge in [0.1, 0.15) is 6.67 Å². The number of rotatable bonds is 4. The fourth-order valence-corrected chi connectivity index (χ4v) is 1.68. The number of Topliss-reactive ketones (excluding diaryl/α,β-unsaturated/α-hetero) is 1. The van der Waals surface area contributed by atoms with Gasteiger partial charge in [-0.3, -0.25) is 4.79 Å². The van der Waals surface area contributed by atoms with Crippen LogP contribution in [0.1, 0.15) is 34.3 Å². The summed E-state index contributed by atoms with van der Waals surface area (Å²) >= 11 is 0. The highest BCUT2D eigenvalue weighted by Crippen LogP contribution is 2.33. The molecule has 1 aromatic carbocycles. The van der Waals surface area contributed by atoms with Crippen molar-refractivity contribution in [3.05, 3.63) is 34.9 Å². The first-order chi connectivity index (χ1) is 7.24. The number of alkyl halides is 1. The number of carbonyl (C=O) groups excluding carboxylic acids is 1. The van der Waals surface area contributed by atoms with Crippen molar-refractivity contribution in [2.24, 2.45) is 11.7 Å². The molecule has 3 heteroatoms. The van der Waals surface area contributed by atoms with Crippen molar-refractivity contribution in [3.8, 4) is 0 Å². The first-order valence-electron chi connectivity index (χ1n) is 5.17. The van der Waals surface area contributed by atoms with Crippen LogP contribution in [-0.2, 0) is 13.2 Å². The summed E-state index contributed by atoms with van der Waals surface area (Å²) in [5.74, 6) is 0.311. The van der Waals surface area contributed by atoms with E-state index in [0.717, 1.165) is 18.4 Å². The molecule has 0 aromatic heterocycles. The monoisotopic (exact) mass is 207 g/mol. The maximum absolute atomic E-state index is 12.5. The second-order valence-electron chi connectivity index (χ2n) is 4.01. The number of carbonyl (C=O) groups is 1. The Labute approximate surface area is 88.3 Å². The quantitative estimate of drug-likeness (QED) is 0.769. The van der Waals surface area contributed by atoms with Gasteiger partial charge in [0.15, 0.2) is 5.78 Å². The molecule has 2 nitrogen and oxygen atoms in total. The van der Waals surface area contributed by atoms with E-state index in [1.165, 1.54) is 0 Å². The van der Waals surface area contributed by atoms with E-state index in [4.69, 9.17) is 5.73 Å². The van der Waals surface area contributed by atoms with Gasteiger partial charge in [0.05, 0.1) is 0 Å². The van der Waals surface area contributed by atoms with Crippen LogP contribution in [0.5, 0.6) is 0 Å². The van der Waals surface area contributed by atoms with E-state index in [-0.39, 0.29) is 11.7 Å². The number of ketones is 1. The number of nitrogens with two attached hydrogens (primary N) is 1. The Hall–Kier alpha value is -1.22. The minimum Gasteiger partial charge on any atom is -0.326 e. The van der Waals surface area contributed by atoms with E-state index >= 15 is 0 Å². The lowest BCUT2D eigenvalue weighted by Gasteiger charge is -2.05. The van der Waals surface area contributed by atoms with Gasteiger partial charge < -0.3 is 5.73 Å². The molecule has 2 rings (SSSR count). The third kappa shape index (κ3) is 2.23. The summed E-state index contributed by atoms with van der Waals surface area (Å²) in [5, 5.41) is 0. The van der Waals surface area contributed by atoms with Crippen molar-refractivity contribution in [2.45, 2.75) is 26.1 Å². The van der Waals surface area contributed by atoms with Crippen LogP contribution in [0.3, 0.4) is 0 Å². The van der Waals surface area contributed by atoms with Crippen LogP contribution < -0.4 is 5.73 Å². The maximum atomic E-state index is 12.5. The van der Waals surface area contributed by atoms with Gasteiger partial charge in [0.25, 0.3) is 0 Å². The van der Waals surface area contributed by atoms with Gasteiger partial charge in [-0.1, -0.05) is 6.07 Å². The zero-order chi connectivity index (χ0) is 10.8. The first kappa shape index (κ1) is 10.3. The Morgan fingerprint density at radius 3 is 2.53 bits per heavy atom. The molecular weight excluding hydrogens is 193 g/mol. The topological polar surface area (TPSA) is 43.1 Å². The molecule has 0 bridgehead atoms. The summed E-state index contributed by atoms with van der Waals surface area (Å²) in [4.78, 5) is 11.8. The van der Waals surface area contributed by atoms with Crippen LogP contribution in [0, 0.1) is 5.92 Å². The van der Waals surface area contributed by atoms with Crippen LogP contribution in [-0.4, -0.2) is 5.78 Å². The molecule has 0 radical (unpaired) electrons. The summed E-state index contributed by atoms with van der Waals surface area (Å²) in [6.07, 6.45) is 1.94. The number of hydrogen-bond acceptors (Lipinski definition) is 2. The fraction of sp³-hybridized carbons (Fsp3) is 0.417. The Balaban J connectivity index is 2.32. The average Bonchev–Trinajstić information content (AvgIpc) is 3.11. The minimum absolute atomic E-state index is 0.139. The van der Waals surface area contributed by atoms with Crippen LogP contribution in [0.15, 0.2) is 18.2 Å². The van der Waals surface area contributed by atoms with Gasteiger partial charge in [0.2, 0.25) is 0 Å². The standard InChI is InChI=1S/C12H14FNO/c13-6-8-3-9(7-14)5-11(4-8)12(15)10-1-2-10/h3-5,10H,1-2,6-7,14H2. The van der Waals surface area contributed by atoms with Crippen LogP contribution >= 0.6 is 0 Å². The summed E-state index contributed by atoms with van der Waals surface area (Å²) in [6.45, 7) is -0.197. The van der Waals surface area contributed by atoms with E-state index in [9.17, 15) is 9.18 Å². The summed E-state index contributed by atoms with van der Waals surface area (Å²) in [7, 11) is 0. The smallest absolute Gasteiger partial charge is 0.165 e. The number of halogens is 1. The molecule has 0 spiro atoms. The van der Waals surface area contributed by atoms with Gasteiger partial charge in [-0.15, -0.1) is 0 Å². The summed E-state index contributed by atoms with van der Waals surface area (Å²) < 4.78 is 12.5. The Morgan fingerprint density at radius 2 is 2.00 bits per heavy atom. The zero-order valence-electron chi connectivity index (χ0n) is 8.50. The lowest BCUT2D eigenvalue weighted by atomic mass is 10.0. The second kappa shape index (κ2) is 4.11. The third-order valence-electron chi connectivity index (χ3n) is 2.68. The Morgan fingerprint density at radius 1 is 1.33 bits per heavy atom. The molecule has 1 aliphatic rings. The summed E-state index contributed by atoms with van der Waals surface area (Å²) in [5.41, 5.74) is 7.49. The van der Waals surface area contributed by atoms with Crippen LogP contribution in [0.4, 0.5) is 4.39 Å². The molecule has 0 heterocycles. The number of hydrogen-bond donors (Lipinski definition) is 1. The van der Waals surface area contributed by atoms with Crippen LogP contribution in [0.25, 0.3) is 0 Å². The van der Waals surface area contributed by atoms with Crippen molar-refractivity contribution in [3.63, 3.8) is 0 Å². The molecule has 0 amide bonds. The molecule has 1 aliphatic carbocycles. The SMILES string of the molecule is NCc1cc(CF)cc(C(=O)C2CC2)c1. The maximum Gasteiger partial charge on any atom is 0.165 e. The van der Waals surface area contributed by atoms with E-state index in [1.54, 1.807) is 18.2 Å². The molecular formula is C12H14FNO. The van der Waals surface area contributed by atoms with Gasteiger partial charge in [0, 0.05) is 18.0 Å². The molecule has 1 saturated carbocycles. The van der Waals surface area contributed by atoms with Gasteiger partial charge in [-0.25, -0.2) is 4.39 Å². The molecule has 0 unspecified atom stereocenters.